The Hall–Kier alpha value is -0.790. The summed E-state index contributed by atoms with van der Waals surface area (Å²) in [6.07, 6.45) is 3.19. The summed E-state index contributed by atoms with van der Waals surface area (Å²) < 4.78 is 0. The Bertz CT molecular complexity index is 241. The van der Waals surface area contributed by atoms with Crippen LogP contribution in [0, 0.1) is 10.8 Å². The summed E-state index contributed by atoms with van der Waals surface area (Å²) in [5.74, 6) is -0.816. The van der Waals surface area contributed by atoms with Gasteiger partial charge < -0.3 is 5.11 Å². The average Bonchev–Trinajstić information content (AvgIpc) is 1.98. The van der Waals surface area contributed by atoms with Crippen molar-refractivity contribution in [3.63, 3.8) is 0 Å². The van der Waals surface area contributed by atoms with Crippen LogP contribution in [-0.2, 0) is 4.79 Å². The van der Waals surface area contributed by atoms with Gasteiger partial charge in [0.25, 0.3) is 0 Å². The van der Waals surface area contributed by atoms with E-state index in [1.54, 1.807) is 0 Å². The minimum atomic E-state index is -0.816. The highest BCUT2D eigenvalue weighted by molar-refractivity contribution is 5.80. The summed E-state index contributed by atoms with van der Waals surface area (Å²) in [5, 5.41) is 8.64. The molecular weight excluding hydrogens is 164 g/mol. The Morgan fingerprint density at radius 3 is 1.92 bits per heavy atom. The van der Waals surface area contributed by atoms with E-state index in [0.29, 0.717) is 0 Å². The summed E-state index contributed by atoms with van der Waals surface area (Å²) in [6, 6.07) is 0. The highest BCUT2D eigenvalue weighted by Gasteiger charge is 2.43. The van der Waals surface area contributed by atoms with Gasteiger partial charge in [-0.1, -0.05) is 33.3 Å². The van der Waals surface area contributed by atoms with Gasteiger partial charge in [0, 0.05) is 6.08 Å². The fourth-order valence-electron chi connectivity index (χ4n) is 1.95. The molecule has 0 aliphatic heterocycles. The Morgan fingerprint density at radius 1 is 1.23 bits per heavy atom. The maximum Gasteiger partial charge on any atom is 0.328 e. The number of aliphatic carboxylic acids is 1. The van der Waals surface area contributed by atoms with Gasteiger partial charge in [-0.15, -0.1) is 0 Å². The summed E-state index contributed by atoms with van der Waals surface area (Å²) in [5.41, 5.74) is 1.50. The van der Waals surface area contributed by atoms with Crippen molar-refractivity contribution in [2.24, 2.45) is 10.8 Å². The largest absolute Gasteiger partial charge is 0.478 e. The standard InChI is InChI=1S/C11H18O2/c1-10(2)6-8(5-9(12)13)7-11(10,3)4/h5H,6-7H2,1-4H3,(H,12,13). The van der Waals surface area contributed by atoms with E-state index in [2.05, 4.69) is 27.7 Å². The minimum absolute atomic E-state index is 0.217. The van der Waals surface area contributed by atoms with Crippen LogP contribution in [0.5, 0.6) is 0 Å². The Labute approximate surface area is 79.6 Å². The van der Waals surface area contributed by atoms with Crippen molar-refractivity contribution in [3.8, 4) is 0 Å². The first-order valence-electron chi connectivity index (χ1n) is 4.67. The lowest BCUT2D eigenvalue weighted by molar-refractivity contribution is -0.131. The molecule has 2 nitrogen and oxygen atoms in total. The van der Waals surface area contributed by atoms with E-state index >= 15 is 0 Å². The summed E-state index contributed by atoms with van der Waals surface area (Å²) in [7, 11) is 0. The van der Waals surface area contributed by atoms with Crippen molar-refractivity contribution >= 4 is 5.97 Å². The van der Waals surface area contributed by atoms with Crippen molar-refractivity contribution in [3.05, 3.63) is 11.6 Å². The lowest BCUT2D eigenvalue weighted by atomic mass is 9.71. The van der Waals surface area contributed by atoms with Gasteiger partial charge in [-0.25, -0.2) is 4.79 Å². The predicted molar refractivity (Wildman–Crippen MR) is 52.5 cm³/mol. The van der Waals surface area contributed by atoms with Crippen LogP contribution in [0.3, 0.4) is 0 Å². The van der Waals surface area contributed by atoms with Gasteiger partial charge in [0.1, 0.15) is 0 Å². The van der Waals surface area contributed by atoms with Crippen molar-refractivity contribution in [2.45, 2.75) is 40.5 Å². The second kappa shape index (κ2) is 2.86. The SMILES string of the molecule is CC1(C)CC(=CC(=O)O)CC1(C)C. The van der Waals surface area contributed by atoms with Crippen molar-refractivity contribution in [1.29, 1.82) is 0 Å². The molecule has 1 aliphatic carbocycles. The number of carbonyl (C=O) groups is 1. The maximum atomic E-state index is 10.5. The van der Waals surface area contributed by atoms with Gasteiger partial charge in [0.05, 0.1) is 0 Å². The van der Waals surface area contributed by atoms with Crippen LogP contribution in [0.15, 0.2) is 11.6 Å². The van der Waals surface area contributed by atoms with E-state index in [9.17, 15) is 4.79 Å². The number of hydrogen-bond donors (Lipinski definition) is 1. The molecule has 0 aromatic heterocycles. The highest BCUT2D eigenvalue weighted by Crippen LogP contribution is 2.54. The van der Waals surface area contributed by atoms with Gasteiger partial charge >= 0.3 is 5.97 Å². The first-order valence-corrected chi connectivity index (χ1v) is 4.67. The zero-order valence-corrected chi connectivity index (χ0v) is 8.85. The predicted octanol–water partition coefficient (Wildman–Crippen LogP) is 2.84. The molecule has 1 saturated carbocycles. The zero-order chi connectivity index (χ0) is 10.3. The minimum Gasteiger partial charge on any atom is -0.478 e. The smallest absolute Gasteiger partial charge is 0.328 e. The quantitative estimate of drug-likeness (QED) is 0.633. The molecule has 0 spiro atoms. The third kappa shape index (κ3) is 1.93. The Kier molecular flexibility index (Phi) is 2.27. The highest BCUT2D eigenvalue weighted by atomic mass is 16.4. The molecular formula is C11H18O2. The van der Waals surface area contributed by atoms with E-state index in [4.69, 9.17) is 5.11 Å². The molecule has 2 heteroatoms. The molecule has 0 bridgehead atoms. The molecule has 0 saturated heterocycles. The summed E-state index contributed by atoms with van der Waals surface area (Å²) >= 11 is 0. The zero-order valence-electron chi connectivity index (χ0n) is 8.85. The molecule has 1 N–H and O–H groups in total. The second-order valence-corrected chi connectivity index (χ2v) is 5.26. The second-order valence-electron chi connectivity index (χ2n) is 5.26. The fraction of sp³-hybridized carbons (Fsp3) is 0.727. The normalized spacial score (nSPS) is 24.5. The Morgan fingerprint density at radius 2 is 1.62 bits per heavy atom. The average molecular weight is 182 g/mol. The summed E-state index contributed by atoms with van der Waals surface area (Å²) in [4.78, 5) is 10.5. The lowest BCUT2D eigenvalue weighted by Gasteiger charge is -2.34. The third-order valence-corrected chi connectivity index (χ3v) is 3.50. The van der Waals surface area contributed by atoms with Crippen LogP contribution in [0.4, 0.5) is 0 Å². The molecule has 74 valence electrons. The molecule has 0 unspecified atom stereocenters. The van der Waals surface area contributed by atoms with Crippen LogP contribution in [0.1, 0.15) is 40.5 Å². The van der Waals surface area contributed by atoms with Gasteiger partial charge in [-0.3, -0.25) is 0 Å². The number of carboxylic acids is 1. The first-order chi connectivity index (χ1) is 5.74. The lowest BCUT2D eigenvalue weighted by Crippen LogP contribution is -2.25. The summed E-state index contributed by atoms with van der Waals surface area (Å²) in [6.45, 7) is 8.82. The van der Waals surface area contributed by atoms with Gasteiger partial charge in [-0.05, 0) is 23.7 Å². The van der Waals surface area contributed by atoms with Crippen LogP contribution in [-0.4, -0.2) is 11.1 Å². The van der Waals surface area contributed by atoms with Crippen molar-refractivity contribution in [2.75, 3.05) is 0 Å². The van der Waals surface area contributed by atoms with Crippen LogP contribution in [0.2, 0.25) is 0 Å². The molecule has 13 heavy (non-hydrogen) atoms. The Balaban J connectivity index is 2.88. The van der Waals surface area contributed by atoms with E-state index in [1.807, 2.05) is 0 Å². The van der Waals surface area contributed by atoms with E-state index in [-0.39, 0.29) is 10.8 Å². The first kappa shape index (κ1) is 10.3. The monoisotopic (exact) mass is 182 g/mol. The molecule has 0 atom stereocenters. The topological polar surface area (TPSA) is 37.3 Å². The molecule has 0 heterocycles. The van der Waals surface area contributed by atoms with Gasteiger partial charge in [0.15, 0.2) is 0 Å². The number of hydrogen-bond acceptors (Lipinski definition) is 1. The van der Waals surface area contributed by atoms with Crippen LogP contribution < -0.4 is 0 Å². The number of allylic oxidation sites excluding steroid dienone is 1. The molecule has 0 aromatic carbocycles. The fourth-order valence-corrected chi connectivity index (χ4v) is 1.95. The van der Waals surface area contributed by atoms with E-state index in [0.717, 1.165) is 18.4 Å². The third-order valence-electron chi connectivity index (χ3n) is 3.50. The number of carboxylic acid groups (broad SMARTS) is 1. The van der Waals surface area contributed by atoms with E-state index in [1.165, 1.54) is 6.08 Å². The van der Waals surface area contributed by atoms with Crippen molar-refractivity contribution in [1.82, 2.24) is 0 Å². The van der Waals surface area contributed by atoms with Gasteiger partial charge in [-0.2, -0.15) is 0 Å². The van der Waals surface area contributed by atoms with Crippen LogP contribution >= 0.6 is 0 Å². The number of rotatable bonds is 1. The molecule has 0 amide bonds. The molecule has 1 fully saturated rings. The van der Waals surface area contributed by atoms with Gasteiger partial charge in [0.2, 0.25) is 0 Å². The maximum absolute atomic E-state index is 10.5. The molecule has 0 radical (unpaired) electrons. The molecule has 1 rings (SSSR count). The van der Waals surface area contributed by atoms with Crippen molar-refractivity contribution < 1.29 is 9.90 Å². The van der Waals surface area contributed by atoms with E-state index < -0.39 is 5.97 Å². The molecule has 1 aliphatic rings. The van der Waals surface area contributed by atoms with Crippen LogP contribution in [0.25, 0.3) is 0 Å². The molecule has 0 aromatic rings.